The molecule has 4 heterocycles. The Morgan fingerprint density at radius 2 is 1.88 bits per heavy atom. The van der Waals surface area contributed by atoms with Gasteiger partial charge in [-0.15, -0.1) is 0 Å². The fraction of sp³-hybridized carbons (Fsp3) is 0.438. The van der Waals surface area contributed by atoms with Crippen molar-refractivity contribution in [3.63, 3.8) is 0 Å². The Labute approximate surface area is 144 Å². The standard InChI is InChI=1S/C16H20N8O/c1-9-12(10(2)23(3)22-9)11-8-18-14-13(19-11)15(21-16(17)20-14)24-4-6-25-7-5-24/h8H,4-7H2,1-3H3,(H2,17,18,20,21). The number of aromatic nitrogens is 6. The molecule has 0 aliphatic carbocycles. The topological polar surface area (TPSA) is 108 Å². The van der Waals surface area contributed by atoms with Crippen LogP contribution < -0.4 is 10.6 Å². The number of morpholine rings is 1. The first-order valence-electron chi connectivity index (χ1n) is 8.18. The number of nitrogens with two attached hydrogens (primary N) is 1. The maximum Gasteiger partial charge on any atom is 0.224 e. The maximum atomic E-state index is 5.87. The summed E-state index contributed by atoms with van der Waals surface area (Å²) in [5.74, 6) is 0.907. The van der Waals surface area contributed by atoms with Gasteiger partial charge in [-0.05, 0) is 13.8 Å². The Bertz CT molecular complexity index is 945. The molecule has 0 saturated carbocycles. The van der Waals surface area contributed by atoms with Gasteiger partial charge in [0.05, 0.1) is 30.8 Å². The molecule has 0 bridgehead atoms. The third kappa shape index (κ3) is 2.66. The molecule has 3 aromatic rings. The van der Waals surface area contributed by atoms with E-state index in [4.69, 9.17) is 15.5 Å². The van der Waals surface area contributed by atoms with Gasteiger partial charge in [-0.1, -0.05) is 0 Å². The van der Waals surface area contributed by atoms with Gasteiger partial charge in [-0.25, -0.2) is 9.97 Å². The third-order valence-corrected chi connectivity index (χ3v) is 4.48. The molecule has 2 N–H and O–H groups in total. The van der Waals surface area contributed by atoms with E-state index in [-0.39, 0.29) is 5.95 Å². The zero-order valence-electron chi connectivity index (χ0n) is 14.5. The predicted octanol–water partition coefficient (Wildman–Crippen LogP) is 0.856. The minimum absolute atomic E-state index is 0.199. The monoisotopic (exact) mass is 340 g/mol. The third-order valence-electron chi connectivity index (χ3n) is 4.48. The molecule has 9 heteroatoms. The van der Waals surface area contributed by atoms with Gasteiger partial charge in [0.2, 0.25) is 5.95 Å². The van der Waals surface area contributed by atoms with Crippen LogP contribution in [0.2, 0.25) is 0 Å². The van der Waals surface area contributed by atoms with Crippen molar-refractivity contribution in [2.75, 3.05) is 36.9 Å². The molecule has 3 aromatic heterocycles. The number of nitrogen functional groups attached to an aromatic ring is 1. The van der Waals surface area contributed by atoms with Crippen LogP contribution in [0.3, 0.4) is 0 Å². The van der Waals surface area contributed by atoms with Crippen molar-refractivity contribution in [1.29, 1.82) is 0 Å². The van der Waals surface area contributed by atoms with Crippen LogP contribution in [0.15, 0.2) is 6.20 Å². The van der Waals surface area contributed by atoms with Crippen molar-refractivity contribution in [3.8, 4) is 11.3 Å². The lowest BCUT2D eigenvalue weighted by Crippen LogP contribution is -2.37. The van der Waals surface area contributed by atoms with Crippen molar-refractivity contribution in [3.05, 3.63) is 17.6 Å². The molecule has 0 radical (unpaired) electrons. The van der Waals surface area contributed by atoms with Crippen molar-refractivity contribution in [1.82, 2.24) is 29.7 Å². The smallest absolute Gasteiger partial charge is 0.224 e. The van der Waals surface area contributed by atoms with Crippen LogP contribution in [0, 0.1) is 13.8 Å². The summed E-state index contributed by atoms with van der Waals surface area (Å²) >= 11 is 0. The van der Waals surface area contributed by atoms with E-state index in [0.717, 1.165) is 35.7 Å². The van der Waals surface area contributed by atoms with Crippen LogP contribution in [-0.2, 0) is 11.8 Å². The molecule has 0 unspecified atom stereocenters. The Hall–Kier alpha value is -2.81. The molecule has 0 spiro atoms. The summed E-state index contributed by atoms with van der Waals surface area (Å²) in [4.78, 5) is 20.1. The average Bonchev–Trinajstić information content (AvgIpc) is 2.87. The fourth-order valence-corrected chi connectivity index (χ4v) is 3.17. The van der Waals surface area contributed by atoms with Gasteiger partial charge in [0.15, 0.2) is 17.0 Å². The SMILES string of the molecule is Cc1nn(C)c(C)c1-c1cnc2nc(N)nc(N3CCOCC3)c2n1. The first kappa shape index (κ1) is 15.7. The minimum Gasteiger partial charge on any atom is -0.378 e. The van der Waals surface area contributed by atoms with Crippen LogP contribution in [0.5, 0.6) is 0 Å². The van der Waals surface area contributed by atoms with E-state index in [1.54, 1.807) is 6.20 Å². The lowest BCUT2D eigenvalue weighted by molar-refractivity contribution is 0.122. The summed E-state index contributed by atoms with van der Waals surface area (Å²) in [5.41, 5.74) is 10.7. The molecule has 1 saturated heterocycles. The van der Waals surface area contributed by atoms with E-state index in [1.165, 1.54) is 0 Å². The lowest BCUT2D eigenvalue weighted by Gasteiger charge is -2.28. The van der Waals surface area contributed by atoms with Gasteiger partial charge in [-0.3, -0.25) is 4.68 Å². The lowest BCUT2D eigenvalue weighted by atomic mass is 10.1. The number of ether oxygens (including phenoxy) is 1. The number of anilines is 2. The number of aryl methyl sites for hydroxylation is 2. The van der Waals surface area contributed by atoms with E-state index in [2.05, 4.69) is 25.0 Å². The maximum absolute atomic E-state index is 5.87. The summed E-state index contributed by atoms with van der Waals surface area (Å²) in [6, 6.07) is 0. The molecule has 4 rings (SSSR count). The van der Waals surface area contributed by atoms with Crippen molar-refractivity contribution >= 4 is 22.9 Å². The van der Waals surface area contributed by atoms with Gasteiger partial charge in [0.1, 0.15) is 0 Å². The van der Waals surface area contributed by atoms with E-state index in [0.29, 0.717) is 30.2 Å². The zero-order valence-corrected chi connectivity index (χ0v) is 14.5. The zero-order chi connectivity index (χ0) is 17.6. The Morgan fingerprint density at radius 1 is 1.12 bits per heavy atom. The van der Waals surface area contributed by atoms with Gasteiger partial charge in [-0.2, -0.15) is 15.1 Å². The van der Waals surface area contributed by atoms with Gasteiger partial charge in [0, 0.05) is 31.4 Å². The van der Waals surface area contributed by atoms with Crippen LogP contribution in [0.4, 0.5) is 11.8 Å². The second-order valence-electron chi connectivity index (χ2n) is 6.10. The van der Waals surface area contributed by atoms with E-state index < -0.39 is 0 Å². The summed E-state index contributed by atoms with van der Waals surface area (Å²) < 4.78 is 7.27. The number of hydrogen-bond donors (Lipinski definition) is 1. The summed E-state index contributed by atoms with van der Waals surface area (Å²) in [7, 11) is 1.92. The van der Waals surface area contributed by atoms with Crippen LogP contribution in [0.25, 0.3) is 22.4 Å². The highest BCUT2D eigenvalue weighted by molar-refractivity contribution is 5.86. The van der Waals surface area contributed by atoms with E-state index in [9.17, 15) is 0 Å². The predicted molar refractivity (Wildman–Crippen MR) is 94.2 cm³/mol. The molecule has 1 aliphatic rings. The number of nitrogens with zero attached hydrogens (tertiary/aromatic N) is 7. The molecule has 0 atom stereocenters. The highest BCUT2D eigenvalue weighted by Crippen LogP contribution is 2.28. The molecule has 130 valence electrons. The van der Waals surface area contributed by atoms with Crippen molar-refractivity contribution in [2.24, 2.45) is 7.05 Å². The second kappa shape index (κ2) is 5.92. The average molecular weight is 340 g/mol. The van der Waals surface area contributed by atoms with Crippen LogP contribution in [0.1, 0.15) is 11.4 Å². The summed E-state index contributed by atoms with van der Waals surface area (Å²) in [5, 5.41) is 4.46. The van der Waals surface area contributed by atoms with Crippen LogP contribution >= 0.6 is 0 Å². The van der Waals surface area contributed by atoms with Gasteiger partial charge >= 0.3 is 0 Å². The number of fused-ring (bicyclic) bond motifs is 1. The fourth-order valence-electron chi connectivity index (χ4n) is 3.17. The molecule has 25 heavy (non-hydrogen) atoms. The Morgan fingerprint density at radius 3 is 2.56 bits per heavy atom. The highest BCUT2D eigenvalue weighted by atomic mass is 16.5. The van der Waals surface area contributed by atoms with Crippen molar-refractivity contribution in [2.45, 2.75) is 13.8 Å². The molecule has 1 fully saturated rings. The van der Waals surface area contributed by atoms with E-state index in [1.807, 2.05) is 25.6 Å². The second-order valence-corrected chi connectivity index (χ2v) is 6.10. The molecule has 9 nitrogen and oxygen atoms in total. The normalized spacial score (nSPS) is 15.1. The molecule has 1 aliphatic heterocycles. The molecular formula is C16H20N8O. The highest BCUT2D eigenvalue weighted by Gasteiger charge is 2.20. The van der Waals surface area contributed by atoms with Gasteiger partial charge in [0.25, 0.3) is 0 Å². The van der Waals surface area contributed by atoms with Crippen LogP contribution in [-0.4, -0.2) is 56.0 Å². The number of rotatable bonds is 2. The van der Waals surface area contributed by atoms with E-state index >= 15 is 0 Å². The summed E-state index contributed by atoms with van der Waals surface area (Å²) in [6.07, 6.45) is 1.72. The quantitative estimate of drug-likeness (QED) is 0.732. The number of hydrogen-bond acceptors (Lipinski definition) is 8. The summed E-state index contributed by atoms with van der Waals surface area (Å²) in [6.45, 7) is 6.77. The first-order chi connectivity index (χ1) is 12.0. The minimum atomic E-state index is 0.199. The van der Waals surface area contributed by atoms with Gasteiger partial charge < -0.3 is 15.4 Å². The molecule has 0 aromatic carbocycles. The Kier molecular flexibility index (Phi) is 3.72. The largest absolute Gasteiger partial charge is 0.378 e. The Balaban J connectivity index is 1.90. The first-order valence-corrected chi connectivity index (χ1v) is 8.18. The molecular weight excluding hydrogens is 320 g/mol. The van der Waals surface area contributed by atoms with Crippen molar-refractivity contribution < 1.29 is 4.74 Å². The molecule has 0 amide bonds.